The maximum Gasteiger partial charge on any atom is 0.373 e. The van der Waals surface area contributed by atoms with Crippen LogP contribution in [-0.2, 0) is 4.79 Å². The Balaban J connectivity index is 2.05. The van der Waals surface area contributed by atoms with Gasteiger partial charge >= 0.3 is 6.21 Å². The summed E-state index contributed by atoms with van der Waals surface area (Å²) < 4.78 is 13.0. The average Bonchev–Trinajstić information content (AvgIpc) is 1.92. The number of rotatable bonds is 2. The van der Waals surface area contributed by atoms with Crippen molar-refractivity contribution in [2.24, 2.45) is 10.5 Å². The largest absolute Gasteiger partial charge is 0.373 e. The van der Waals surface area contributed by atoms with Crippen LogP contribution in [0.15, 0.2) is 5.11 Å². The normalized spacial score (nSPS) is 41.8. The second-order valence-electron chi connectivity index (χ2n) is 3.77. The summed E-state index contributed by atoms with van der Waals surface area (Å²) >= 11 is 0. The van der Waals surface area contributed by atoms with Gasteiger partial charge in [0.1, 0.15) is 12.7 Å². The molecule has 0 N–H and O–H groups in total. The molecule has 3 aliphatic carbocycles. The molecule has 0 saturated heterocycles. The van der Waals surface area contributed by atoms with Gasteiger partial charge in [0, 0.05) is 5.41 Å². The molecule has 12 heavy (non-hydrogen) atoms. The van der Waals surface area contributed by atoms with Crippen molar-refractivity contribution in [2.45, 2.75) is 24.9 Å². The lowest BCUT2D eigenvalue weighted by Crippen LogP contribution is -2.68. The first-order chi connectivity index (χ1) is 5.60. The van der Waals surface area contributed by atoms with E-state index in [0.29, 0.717) is 19.3 Å². The SMILES string of the molecule is CN=[N+]=CC(=O)[C@]12C[C@@](F)(C1)C2. The minimum absolute atomic E-state index is 0.0624. The van der Waals surface area contributed by atoms with Gasteiger partial charge in [-0.3, -0.25) is 4.79 Å². The third-order valence-electron chi connectivity index (χ3n) is 2.78. The molecule has 3 aliphatic rings. The van der Waals surface area contributed by atoms with E-state index in [1.165, 1.54) is 13.3 Å². The molecule has 0 radical (unpaired) electrons. The lowest BCUT2D eigenvalue weighted by Gasteiger charge is -2.63. The summed E-state index contributed by atoms with van der Waals surface area (Å²) in [6.45, 7) is 0. The van der Waals surface area contributed by atoms with Gasteiger partial charge in [-0.25, -0.2) is 4.39 Å². The summed E-state index contributed by atoms with van der Waals surface area (Å²) in [5.41, 5.74) is -1.39. The van der Waals surface area contributed by atoms with E-state index in [1.807, 2.05) is 0 Å². The second-order valence-corrected chi connectivity index (χ2v) is 3.77. The quantitative estimate of drug-likeness (QED) is 0.342. The fourth-order valence-electron chi connectivity index (χ4n) is 2.17. The van der Waals surface area contributed by atoms with Crippen molar-refractivity contribution in [3.8, 4) is 0 Å². The zero-order chi connectivity index (χ0) is 8.82. The minimum Gasteiger partial charge on any atom is -0.286 e. The highest BCUT2D eigenvalue weighted by atomic mass is 19.1. The smallest absolute Gasteiger partial charge is 0.286 e. The van der Waals surface area contributed by atoms with E-state index in [4.69, 9.17) is 0 Å². The van der Waals surface area contributed by atoms with Crippen molar-refractivity contribution in [3.63, 3.8) is 0 Å². The molecular weight excluding hydrogens is 159 g/mol. The first-order valence-electron chi connectivity index (χ1n) is 3.96. The zero-order valence-corrected chi connectivity index (χ0v) is 6.88. The number of Topliss-reactive ketones (excluding diaryl/α,β-unsaturated/α-hetero) is 1. The first-order valence-corrected chi connectivity index (χ1v) is 3.96. The van der Waals surface area contributed by atoms with Crippen LogP contribution in [0.5, 0.6) is 0 Å². The Morgan fingerprint density at radius 1 is 1.58 bits per heavy atom. The Morgan fingerprint density at radius 3 is 2.58 bits per heavy atom. The third-order valence-corrected chi connectivity index (χ3v) is 2.78. The van der Waals surface area contributed by atoms with Gasteiger partial charge in [0.15, 0.2) is 0 Å². The van der Waals surface area contributed by atoms with E-state index >= 15 is 0 Å². The summed E-state index contributed by atoms with van der Waals surface area (Å²) in [5, 5.41) is 3.44. The molecule has 3 fully saturated rings. The summed E-state index contributed by atoms with van der Waals surface area (Å²) in [7, 11) is 1.50. The zero-order valence-electron chi connectivity index (χ0n) is 6.88. The third kappa shape index (κ3) is 0.786. The van der Waals surface area contributed by atoms with Gasteiger partial charge in [0.2, 0.25) is 5.78 Å². The molecule has 0 aromatic heterocycles. The molecule has 4 heteroatoms. The van der Waals surface area contributed by atoms with Gasteiger partial charge < -0.3 is 0 Å². The van der Waals surface area contributed by atoms with E-state index in [2.05, 4.69) is 9.90 Å². The molecule has 3 saturated carbocycles. The highest BCUT2D eigenvalue weighted by molar-refractivity contribution is 6.28. The Hall–Kier alpha value is -1.02. The highest BCUT2D eigenvalue weighted by Gasteiger charge is 2.73. The van der Waals surface area contributed by atoms with Crippen molar-refractivity contribution in [3.05, 3.63) is 0 Å². The standard InChI is InChI=1S/C8H10FN2O/c1-10-11-2-6(12)7-3-8(9,4-7)5-7/h2H,3-5H2,1H3/q+1/t7-,8-. The van der Waals surface area contributed by atoms with Crippen LogP contribution >= 0.6 is 0 Å². The van der Waals surface area contributed by atoms with Crippen LogP contribution in [0.25, 0.3) is 0 Å². The van der Waals surface area contributed by atoms with Gasteiger partial charge in [-0.1, -0.05) is 0 Å². The predicted molar refractivity (Wildman–Crippen MR) is 39.8 cm³/mol. The van der Waals surface area contributed by atoms with E-state index in [9.17, 15) is 9.18 Å². The molecule has 0 aromatic carbocycles. The summed E-state index contributed by atoms with van der Waals surface area (Å²) in [4.78, 5) is 14.8. The molecule has 2 bridgehead atoms. The van der Waals surface area contributed by atoms with Crippen molar-refractivity contribution < 1.29 is 14.0 Å². The molecule has 0 spiro atoms. The van der Waals surface area contributed by atoms with E-state index in [-0.39, 0.29) is 11.2 Å². The number of ketones is 1. The number of carbonyl (C=O) groups is 1. The van der Waals surface area contributed by atoms with Gasteiger partial charge in [-0.2, -0.15) is 0 Å². The van der Waals surface area contributed by atoms with Crippen molar-refractivity contribution in [1.82, 2.24) is 0 Å². The van der Waals surface area contributed by atoms with Crippen LogP contribution in [0.2, 0.25) is 0 Å². The van der Waals surface area contributed by atoms with Gasteiger partial charge in [0.05, 0.1) is 9.90 Å². The Labute approximate surface area is 69.4 Å². The number of hydrogen-bond acceptors (Lipinski definition) is 2. The van der Waals surface area contributed by atoms with E-state index in [0.717, 1.165) is 0 Å². The van der Waals surface area contributed by atoms with Gasteiger partial charge in [-0.05, 0) is 19.3 Å². The molecule has 64 valence electrons. The fourth-order valence-corrected chi connectivity index (χ4v) is 2.17. The molecule has 0 heterocycles. The predicted octanol–water partition coefficient (Wildman–Crippen LogP) is 0.809. The van der Waals surface area contributed by atoms with Crippen LogP contribution < -0.4 is 0 Å². The summed E-state index contributed by atoms with van der Waals surface area (Å²) in [6.07, 6.45) is 2.40. The molecule has 3 rings (SSSR count). The van der Waals surface area contributed by atoms with Crippen LogP contribution in [0.3, 0.4) is 0 Å². The summed E-state index contributed by atoms with van der Waals surface area (Å²) in [5.74, 6) is -0.0624. The number of alkyl halides is 1. The van der Waals surface area contributed by atoms with Crippen molar-refractivity contribution in [2.75, 3.05) is 7.05 Å². The molecule has 0 aliphatic heterocycles. The van der Waals surface area contributed by atoms with Crippen LogP contribution in [0, 0.1) is 5.41 Å². The minimum atomic E-state index is -1.01. The Bertz CT molecular complexity index is 284. The average molecular weight is 169 g/mol. The van der Waals surface area contributed by atoms with Crippen LogP contribution in [0.4, 0.5) is 4.39 Å². The van der Waals surface area contributed by atoms with Crippen molar-refractivity contribution in [1.29, 1.82) is 0 Å². The van der Waals surface area contributed by atoms with Crippen molar-refractivity contribution >= 4 is 12.0 Å². The molecule has 0 amide bonds. The lowest BCUT2D eigenvalue weighted by molar-refractivity contribution is -0.208. The number of carbonyl (C=O) groups excluding carboxylic acids is 1. The topological polar surface area (TPSA) is 43.5 Å². The molecular formula is C8H10FN2O+. The Morgan fingerprint density at radius 2 is 2.17 bits per heavy atom. The van der Waals surface area contributed by atoms with Crippen LogP contribution in [-0.4, -0.2) is 29.5 Å². The molecule has 0 aromatic rings. The first kappa shape index (κ1) is 7.62. The van der Waals surface area contributed by atoms with Crippen LogP contribution in [0.1, 0.15) is 19.3 Å². The molecule has 3 nitrogen and oxygen atoms in total. The van der Waals surface area contributed by atoms with Gasteiger partial charge in [-0.15, -0.1) is 0 Å². The number of halogens is 1. The maximum absolute atomic E-state index is 13.0. The number of nitrogens with zero attached hydrogens (tertiary/aromatic N) is 2. The fraction of sp³-hybridized carbons (Fsp3) is 0.750. The Kier molecular flexibility index (Phi) is 1.28. The van der Waals surface area contributed by atoms with E-state index < -0.39 is 5.67 Å². The number of hydrogen-bond donors (Lipinski definition) is 0. The molecule has 0 unspecified atom stereocenters. The van der Waals surface area contributed by atoms with Gasteiger partial charge in [0.25, 0.3) is 0 Å². The lowest BCUT2D eigenvalue weighted by atomic mass is 9.41. The van der Waals surface area contributed by atoms with E-state index in [1.54, 1.807) is 0 Å². The monoisotopic (exact) mass is 169 g/mol. The second kappa shape index (κ2) is 2.02. The summed E-state index contributed by atoms with van der Waals surface area (Å²) in [6, 6.07) is 0. The highest BCUT2D eigenvalue weighted by Crippen LogP contribution is 2.69. The molecule has 0 atom stereocenters. The maximum atomic E-state index is 13.0.